The summed E-state index contributed by atoms with van der Waals surface area (Å²) in [6.07, 6.45) is 16.5. The lowest BCUT2D eigenvalue weighted by Gasteiger charge is -2.01. The summed E-state index contributed by atoms with van der Waals surface area (Å²) in [5.41, 5.74) is 0. The second-order valence-corrected chi connectivity index (χ2v) is 5.64. The number of aliphatic hydroxyl groups is 1. The summed E-state index contributed by atoms with van der Waals surface area (Å²) < 4.78 is 4.87. The van der Waals surface area contributed by atoms with Crippen LogP contribution in [0.3, 0.4) is 0 Å². The molecule has 0 amide bonds. The van der Waals surface area contributed by atoms with E-state index in [9.17, 15) is 14.7 Å². The normalized spacial score (nSPS) is 13.1. The third-order valence-corrected chi connectivity index (χ3v) is 3.48. The molecule has 4 nitrogen and oxygen atoms in total. The van der Waals surface area contributed by atoms with Gasteiger partial charge < -0.3 is 9.84 Å². The van der Waals surface area contributed by atoms with Gasteiger partial charge in [-0.25, -0.2) is 0 Å². The number of ether oxygens (including phenoxy) is 1. The Labute approximate surface area is 146 Å². The van der Waals surface area contributed by atoms with E-state index in [1.165, 1.54) is 0 Å². The van der Waals surface area contributed by atoms with Gasteiger partial charge in [-0.15, -0.1) is 0 Å². The van der Waals surface area contributed by atoms with Gasteiger partial charge in [-0.2, -0.15) is 0 Å². The third kappa shape index (κ3) is 15.2. The van der Waals surface area contributed by atoms with Crippen LogP contribution in [0.25, 0.3) is 0 Å². The van der Waals surface area contributed by atoms with Crippen LogP contribution in [-0.2, 0) is 14.3 Å². The molecule has 1 unspecified atom stereocenters. The standard InChI is InChI=1S/C20H32O4/c1-3-18(21)14-10-8-9-12-16-19(22)15-11-6-5-7-13-17-20(23)24-4-2/h8-10,12,14,16,18,21H,3-7,11,13,15,17H2,1-2H3. The fraction of sp³-hybridized carbons (Fsp3) is 0.600. The summed E-state index contributed by atoms with van der Waals surface area (Å²) in [7, 11) is 0. The van der Waals surface area contributed by atoms with Crippen LogP contribution in [0.1, 0.15) is 65.2 Å². The molecular formula is C20H32O4. The highest BCUT2D eigenvalue weighted by atomic mass is 16.5. The van der Waals surface area contributed by atoms with Crippen LogP contribution < -0.4 is 0 Å². The molecule has 24 heavy (non-hydrogen) atoms. The maximum Gasteiger partial charge on any atom is 0.305 e. The first-order valence-electron chi connectivity index (χ1n) is 8.98. The number of unbranched alkanes of at least 4 members (excludes halogenated alkanes) is 4. The predicted molar refractivity (Wildman–Crippen MR) is 97.7 cm³/mol. The Morgan fingerprint density at radius 2 is 1.54 bits per heavy atom. The first-order chi connectivity index (χ1) is 11.6. The molecule has 0 aliphatic rings. The second-order valence-electron chi connectivity index (χ2n) is 5.64. The van der Waals surface area contributed by atoms with Crippen molar-refractivity contribution < 1.29 is 19.4 Å². The van der Waals surface area contributed by atoms with Crippen molar-refractivity contribution in [1.82, 2.24) is 0 Å². The number of carbonyl (C=O) groups is 2. The van der Waals surface area contributed by atoms with Crippen molar-refractivity contribution in [2.45, 2.75) is 71.3 Å². The van der Waals surface area contributed by atoms with Crippen LogP contribution in [0.15, 0.2) is 36.5 Å². The molecular weight excluding hydrogens is 304 g/mol. The number of rotatable bonds is 14. The first kappa shape index (κ1) is 22.3. The van der Waals surface area contributed by atoms with E-state index in [4.69, 9.17) is 4.74 Å². The summed E-state index contributed by atoms with van der Waals surface area (Å²) in [6, 6.07) is 0. The van der Waals surface area contributed by atoms with E-state index in [1.54, 1.807) is 36.5 Å². The van der Waals surface area contributed by atoms with E-state index < -0.39 is 6.10 Å². The number of allylic oxidation sites excluding steroid dienone is 5. The van der Waals surface area contributed by atoms with Gasteiger partial charge in [0.2, 0.25) is 0 Å². The highest BCUT2D eigenvalue weighted by molar-refractivity contribution is 5.89. The molecule has 0 spiro atoms. The molecule has 0 aliphatic carbocycles. The lowest BCUT2D eigenvalue weighted by molar-refractivity contribution is -0.143. The zero-order valence-electron chi connectivity index (χ0n) is 15.1. The van der Waals surface area contributed by atoms with E-state index in [-0.39, 0.29) is 11.8 Å². The van der Waals surface area contributed by atoms with Crippen molar-refractivity contribution in [3.8, 4) is 0 Å². The van der Waals surface area contributed by atoms with E-state index in [0.717, 1.165) is 32.1 Å². The third-order valence-electron chi connectivity index (χ3n) is 3.48. The number of hydrogen-bond donors (Lipinski definition) is 1. The molecule has 0 fully saturated rings. The number of esters is 1. The van der Waals surface area contributed by atoms with Gasteiger partial charge in [-0.1, -0.05) is 56.6 Å². The first-order valence-corrected chi connectivity index (χ1v) is 8.98. The van der Waals surface area contributed by atoms with Crippen LogP contribution in [0.5, 0.6) is 0 Å². The molecule has 0 aromatic heterocycles. The molecule has 0 aliphatic heterocycles. The maximum absolute atomic E-state index is 11.6. The van der Waals surface area contributed by atoms with Gasteiger partial charge in [0.25, 0.3) is 0 Å². The Morgan fingerprint density at radius 3 is 2.21 bits per heavy atom. The molecule has 0 heterocycles. The Balaban J connectivity index is 3.59. The van der Waals surface area contributed by atoms with Crippen molar-refractivity contribution in [3.63, 3.8) is 0 Å². The van der Waals surface area contributed by atoms with Gasteiger partial charge in [0.15, 0.2) is 5.78 Å². The monoisotopic (exact) mass is 336 g/mol. The van der Waals surface area contributed by atoms with Crippen LogP contribution in [0.2, 0.25) is 0 Å². The van der Waals surface area contributed by atoms with E-state index in [1.807, 2.05) is 13.8 Å². The smallest absolute Gasteiger partial charge is 0.305 e. The molecule has 0 aromatic carbocycles. The molecule has 1 atom stereocenters. The number of hydrogen-bond acceptors (Lipinski definition) is 4. The van der Waals surface area contributed by atoms with Crippen LogP contribution >= 0.6 is 0 Å². The quantitative estimate of drug-likeness (QED) is 0.222. The van der Waals surface area contributed by atoms with Gasteiger partial charge in [0.05, 0.1) is 12.7 Å². The van der Waals surface area contributed by atoms with Crippen molar-refractivity contribution in [2.24, 2.45) is 0 Å². The second kappa shape index (κ2) is 16.2. The number of aliphatic hydroxyl groups excluding tert-OH is 1. The Hall–Kier alpha value is -1.68. The SMILES string of the molecule is CCOC(=O)CCCCCCCC(=O)C=CC=CC=CC(O)CC. The Morgan fingerprint density at radius 1 is 0.917 bits per heavy atom. The summed E-state index contributed by atoms with van der Waals surface area (Å²) in [6.45, 7) is 4.17. The highest BCUT2D eigenvalue weighted by Gasteiger charge is 2.01. The fourth-order valence-electron chi connectivity index (χ4n) is 2.04. The highest BCUT2D eigenvalue weighted by Crippen LogP contribution is 2.08. The molecule has 0 aromatic rings. The van der Waals surface area contributed by atoms with Crippen molar-refractivity contribution in [1.29, 1.82) is 0 Å². The lowest BCUT2D eigenvalue weighted by atomic mass is 10.1. The van der Waals surface area contributed by atoms with Crippen LogP contribution in [0.4, 0.5) is 0 Å². The van der Waals surface area contributed by atoms with Gasteiger partial charge in [-0.05, 0) is 32.3 Å². The van der Waals surface area contributed by atoms with Crippen molar-refractivity contribution in [3.05, 3.63) is 36.5 Å². The van der Waals surface area contributed by atoms with Crippen molar-refractivity contribution in [2.75, 3.05) is 6.61 Å². The number of carbonyl (C=O) groups excluding carboxylic acids is 2. The van der Waals surface area contributed by atoms with E-state index in [2.05, 4.69) is 0 Å². The Kier molecular flexibility index (Phi) is 15.1. The number of ketones is 1. The van der Waals surface area contributed by atoms with Crippen LogP contribution in [-0.4, -0.2) is 29.6 Å². The molecule has 0 saturated heterocycles. The van der Waals surface area contributed by atoms with Gasteiger partial charge in [-0.3, -0.25) is 9.59 Å². The van der Waals surface area contributed by atoms with E-state index in [0.29, 0.717) is 25.9 Å². The zero-order valence-corrected chi connectivity index (χ0v) is 15.1. The molecule has 1 N–H and O–H groups in total. The molecule has 136 valence electrons. The predicted octanol–water partition coefficient (Wildman–Crippen LogP) is 4.29. The summed E-state index contributed by atoms with van der Waals surface area (Å²) in [5.74, 6) is 0.00802. The van der Waals surface area contributed by atoms with Crippen LogP contribution in [0, 0.1) is 0 Å². The molecule has 0 radical (unpaired) electrons. The van der Waals surface area contributed by atoms with Gasteiger partial charge in [0.1, 0.15) is 0 Å². The topological polar surface area (TPSA) is 63.6 Å². The minimum atomic E-state index is -0.405. The average Bonchev–Trinajstić information content (AvgIpc) is 2.57. The Bertz CT molecular complexity index is 421. The van der Waals surface area contributed by atoms with Gasteiger partial charge in [0, 0.05) is 12.8 Å². The molecule has 0 rings (SSSR count). The maximum atomic E-state index is 11.6. The fourth-order valence-corrected chi connectivity index (χ4v) is 2.04. The van der Waals surface area contributed by atoms with Crippen molar-refractivity contribution >= 4 is 11.8 Å². The molecule has 0 bridgehead atoms. The molecule has 4 heteroatoms. The lowest BCUT2D eigenvalue weighted by Crippen LogP contribution is -2.03. The minimum absolute atomic E-state index is 0.120. The average molecular weight is 336 g/mol. The summed E-state index contributed by atoms with van der Waals surface area (Å²) >= 11 is 0. The van der Waals surface area contributed by atoms with E-state index >= 15 is 0 Å². The molecule has 0 saturated carbocycles. The minimum Gasteiger partial charge on any atom is -0.466 e. The van der Waals surface area contributed by atoms with Gasteiger partial charge >= 0.3 is 5.97 Å². The zero-order chi connectivity index (χ0) is 18.0. The largest absolute Gasteiger partial charge is 0.466 e. The summed E-state index contributed by atoms with van der Waals surface area (Å²) in [4.78, 5) is 22.8. The summed E-state index contributed by atoms with van der Waals surface area (Å²) in [5, 5.41) is 9.31.